The maximum Gasteiger partial charge on any atom is 0.253 e. The summed E-state index contributed by atoms with van der Waals surface area (Å²) in [6.07, 6.45) is 2.27. The van der Waals surface area contributed by atoms with Crippen LogP contribution < -0.4 is 20.3 Å². The molecule has 0 radical (unpaired) electrons. The zero-order valence-electron chi connectivity index (χ0n) is 18.6. The SMILES string of the molecule is Cc1ccc2[nH]c(=O)c(CN(Cc3ccc4c(c3)OCO4)C(=S)NC[C@@H]3CCCO3)cc2c1. The smallest absolute Gasteiger partial charge is 0.253 e. The molecule has 2 aliphatic heterocycles. The van der Waals surface area contributed by atoms with Gasteiger partial charge in [0.05, 0.1) is 12.6 Å². The number of fused-ring (bicyclic) bond motifs is 2. The number of nitrogens with zero attached hydrogens (tertiary/aromatic N) is 1. The molecule has 7 nitrogen and oxygen atoms in total. The van der Waals surface area contributed by atoms with Gasteiger partial charge in [-0.05, 0) is 73.3 Å². The first-order valence-corrected chi connectivity index (χ1v) is 11.6. The van der Waals surface area contributed by atoms with Gasteiger partial charge in [-0.2, -0.15) is 0 Å². The second-order valence-corrected chi connectivity index (χ2v) is 8.97. The molecule has 1 fully saturated rings. The highest BCUT2D eigenvalue weighted by Gasteiger charge is 2.20. The van der Waals surface area contributed by atoms with Crippen molar-refractivity contribution < 1.29 is 14.2 Å². The van der Waals surface area contributed by atoms with E-state index < -0.39 is 0 Å². The van der Waals surface area contributed by atoms with Gasteiger partial charge in [-0.25, -0.2) is 0 Å². The van der Waals surface area contributed by atoms with Crippen LogP contribution in [0.3, 0.4) is 0 Å². The number of aromatic amines is 1. The van der Waals surface area contributed by atoms with Gasteiger partial charge in [-0.1, -0.05) is 17.7 Å². The van der Waals surface area contributed by atoms with Crippen molar-refractivity contribution in [3.63, 3.8) is 0 Å². The Morgan fingerprint density at radius 1 is 1.15 bits per heavy atom. The zero-order chi connectivity index (χ0) is 22.8. The summed E-state index contributed by atoms with van der Waals surface area (Å²) in [5.74, 6) is 1.47. The van der Waals surface area contributed by atoms with Crippen LogP contribution in [0.5, 0.6) is 11.5 Å². The number of aromatic nitrogens is 1. The molecule has 2 aromatic carbocycles. The fourth-order valence-corrected chi connectivity index (χ4v) is 4.48. The lowest BCUT2D eigenvalue weighted by atomic mass is 10.1. The summed E-state index contributed by atoms with van der Waals surface area (Å²) < 4.78 is 16.7. The monoisotopic (exact) mass is 465 g/mol. The Balaban J connectivity index is 1.40. The minimum Gasteiger partial charge on any atom is -0.454 e. The van der Waals surface area contributed by atoms with Crippen molar-refractivity contribution in [2.75, 3.05) is 19.9 Å². The van der Waals surface area contributed by atoms with Gasteiger partial charge in [0.15, 0.2) is 16.6 Å². The molecule has 0 bridgehead atoms. The standard InChI is InChI=1S/C25H27N3O4S/c1-16-4-6-21-18(9-16)11-19(24(29)27-21)14-28(25(33)26-12-20-3-2-8-30-20)13-17-5-7-22-23(10-17)32-15-31-22/h4-7,9-11,20H,2-3,8,12-15H2,1H3,(H,26,33)(H,27,29)/t20-/m0/s1. The van der Waals surface area contributed by atoms with E-state index in [-0.39, 0.29) is 18.5 Å². The van der Waals surface area contributed by atoms with E-state index in [1.807, 2.05) is 48.2 Å². The third-order valence-electron chi connectivity index (χ3n) is 6.04. The van der Waals surface area contributed by atoms with Crippen LogP contribution in [0, 0.1) is 6.92 Å². The highest BCUT2D eigenvalue weighted by Crippen LogP contribution is 2.33. The van der Waals surface area contributed by atoms with Crippen molar-refractivity contribution in [3.05, 3.63) is 69.5 Å². The van der Waals surface area contributed by atoms with Gasteiger partial charge < -0.3 is 29.4 Å². The molecule has 5 rings (SSSR count). The van der Waals surface area contributed by atoms with E-state index in [1.165, 1.54) is 0 Å². The van der Waals surface area contributed by atoms with E-state index in [1.54, 1.807) is 0 Å². The van der Waals surface area contributed by atoms with Gasteiger partial charge in [-0.15, -0.1) is 0 Å². The molecule has 0 unspecified atom stereocenters. The summed E-state index contributed by atoms with van der Waals surface area (Å²) in [5.41, 5.74) is 3.55. The molecule has 0 saturated carbocycles. The summed E-state index contributed by atoms with van der Waals surface area (Å²) in [4.78, 5) is 17.9. The van der Waals surface area contributed by atoms with Crippen molar-refractivity contribution in [2.24, 2.45) is 0 Å². The molecule has 1 saturated heterocycles. The highest BCUT2D eigenvalue weighted by molar-refractivity contribution is 7.80. The molecule has 172 valence electrons. The zero-order valence-corrected chi connectivity index (χ0v) is 19.4. The summed E-state index contributed by atoms with van der Waals surface area (Å²) in [6.45, 7) is 4.63. The minimum absolute atomic E-state index is 0.107. The van der Waals surface area contributed by atoms with Crippen molar-refractivity contribution >= 4 is 28.2 Å². The third-order valence-corrected chi connectivity index (χ3v) is 6.44. The predicted octanol–water partition coefficient (Wildman–Crippen LogP) is 3.62. The molecule has 8 heteroatoms. The Morgan fingerprint density at radius 2 is 2.03 bits per heavy atom. The molecule has 2 aliphatic rings. The van der Waals surface area contributed by atoms with Crippen LogP contribution in [0.2, 0.25) is 0 Å². The fraction of sp³-hybridized carbons (Fsp3) is 0.360. The number of pyridine rings is 1. The third kappa shape index (κ3) is 4.96. The Labute approximate surface area is 197 Å². The van der Waals surface area contributed by atoms with Crippen LogP contribution in [-0.2, 0) is 17.8 Å². The van der Waals surface area contributed by atoms with Crippen molar-refractivity contribution in [3.8, 4) is 11.5 Å². The lowest BCUT2D eigenvalue weighted by Gasteiger charge is -2.27. The largest absolute Gasteiger partial charge is 0.454 e. The van der Waals surface area contributed by atoms with E-state index in [0.29, 0.717) is 30.3 Å². The van der Waals surface area contributed by atoms with Crippen molar-refractivity contribution in [1.29, 1.82) is 0 Å². The van der Waals surface area contributed by atoms with Crippen LogP contribution in [0.4, 0.5) is 0 Å². The summed E-state index contributed by atoms with van der Waals surface area (Å²) in [7, 11) is 0. The Bertz CT molecular complexity index is 1240. The number of hydrogen-bond acceptors (Lipinski definition) is 5. The lowest BCUT2D eigenvalue weighted by molar-refractivity contribution is 0.113. The van der Waals surface area contributed by atoms with Gasteiger partial charge in [0.2, 0.25) is 6.79 Å². The molecule has 33 heavy (non-hydrogen) atoms. The second kappa shape index (κ2) is 9.41. The summed E-state index contributed by atoms with van der Waals surface area (Å²) >= 11 is 5.76. The van der Waals surface area contributed by atoms with Crippen molar-refractivity contribution in [1.82, 2.24) is 15.2 Å². The number of benzene rings is 2. The quantitative estimate of drug-likeness (QED) is 0.539. The van der Waals surface area contributed by atoms with E-state index >= 15 is 0 Å². The molecule has 3 heterocycles. The highest BCUT2D eigenvalue weighted by atomic mass is 32.1. The van der Waals surface area contributed by atoms with Crippen molar-refractivity contribution in [2.45, 2.75) is 39.0 Å². The van der Waals surface area contributed by atoms with Crippen LogP contribution >= 0.6 is 12.2 Å². The number of ether oxygens (including phenoxy) is 3. The van der Waals surface area contributed by atoms with Crippen LogP contribution in [0.25, 0.3) is 10.9 Å². The maximum atomic E-state index is 12.8. The number of thiocarbonyl (C=S) groups is 1. The molecule has 1 atom stereocenters. The van der Waals surface area contributed by atoms with Gasteiger partial charge in [0, 0.05) is 30.8 Å². The molecular formula is C25H27N3O4S. The maximum absolute atomic E-state index is 12.8. The minimum atomic E-state index is -0.107. The first kappa shape index (κ1) is 21.7. The topological polar surface area (TPSA) is 75.8 Å². The summed E-state index contributed by atoms with van der Waals surface area (Å²) in [6, 6.07) is 13.8. The Hall–Kier alpha value is -3.10. The van der Waals surface area contributed by atoms with Gasteiger partial charge in [0.1, 0.15) is 0 Å². The van der Waals surface area contributed by atoms with E-state index in [4.69, 9.17) is 26.4 Å². The Morgan fingerprint density at radius 3 is 2.88 bits per heavy atom. The van der Waals surface area contributed by atoms with Gasteiger partial charge in [-0.3, -0.25) is 4.79 Å². The average molecular weight is 466 g/mol. The molecule has 1 aromatic heterocycles. The number of rotatable bonds is 6. The molecule has 2 N–H and O–H groups in total. The van der Waals surface area contributed by atoms with Crippen LogP contribution in [0.1, 0.15) is 29.5 Å². The lowest BCUT2D eigenvalue weighted by Crippen LogP contribution is -2.42. The van der Waals surface area contributed by atoms with Crippen LogP contribution in [0.15, 0.2) is 47.3 Å². The number of nitrogens with one attached hydrogen (secondary N) is 2. The van der Waals surface area contributed by atoms with E-state index in [2.05, 4.69) is 16.4 Å². The van der Waals surface area contributed by atoms with Gasteiger partial charge >= 0.3 is 0 Å². The average Bonchev–Trinajstić information content (AvgIpc) is 3.49. The second-order valence-electron chi connectivity index (χ2n) is 8.58. The molecule has 0 amide bonds. The first-order chi connectivity index (χ1) is 16.0. The normalized spacial score (nSPS) is 16.8. The number of aryl methyl sites for hydroxylation is 1. The van der Waals surface area contributed by atoms with E-state index in [9.17, 15) is 4.79 Å². The first-order valence-electron chi connectivity index (χ1n) is 11.2. The van der Waals surface area contributed by atoms with Gasteiger partial charge in [0.25, 0.3) is 5.56 Å². The van der Waals surface area contributed by atoms with Crippen LogP contribution in [-0.4, -0.2) is 41.0 Å². The number of hydrogen-bond donors (Lipinski definition) is 2. The molecular weight excluding hydrogens is 438 g/mol. The summed E-state index contributed by atoms with van der Waals surface area (Å²) in [5, 5.41) is 4.94. The molecule has 0 aliphatic carbocycles. The predicted molar refractivity (Wildman–Crippen MR) is 131 cm³/mol. The number of H-pyrrole nitrogens is 1. The Kier molecular flexibility index (Phi) is 6.20. The molecule has 3 aromatic rings. The molecule has 0 spiro atoms. The van der Waals surface area contributed by atoms with E-state index in [0.717, 1.165) is 53.0 Å². The fourth-order valence-electron chi connectivity index (χ4n) is 4.27.